The third kappa shape index (κ3) is 3.47. The fourth-order valence-corrected chi connectivity index (χ4v) is 2.39. The molecule has 1 atom stereocenters. The van der Waals surface area contributed by atoms with Crippen LogP contribution in [0.5, 0.6) is 0 Å². The Balaban J connectivity index is 2.02. The van der Waals surface area contributed by atoms with Gasteiger partial charge in [0.25, 0.3) is 0 Å². The van der Waals surface area contributed by atoms with Crippen LogP contribution in [-0.2, 0) is 16.0 Å². The number of fused-ring (bicyclic) bond motifs is 1. The zero-order chi connectivity index (χ0) is 16.5. The summed E-state index contributed by atoms with van der Waals surface area (Å²) >= 11 is 0. The van der Waals surface area contributed by atoms with Crippen LogP contribution in [0.15, 0.2) is 18.2 Å². The lowest BCUT2D eigenvalue weighted by Crippen LogP contribution is -2.46. The van der Waals surface area contributed by atoms with Gasteiger partial charge in [-0.25, -0.2) is 0 Å². The van der Waals surface area contributed by atoms with E-state index in [-0.39, 0.29) is 12.0 Å². The molecule has 0 aromatic heterocycles. The van der Waals surface area contributed by atoms with E-state index < -0.39 is 17.9 Å². The highest BCUT2D eigenvalue weighted by Gasteiger charge is 2.30. The van der Waals surface area contributed by atoms with Crippen LogP contribution < -0.4 is 10.2 Å². The van der Waals surface area contributed by atoms with Gasteiger partial charge in [-0.1, -0.05) is 32.9 Å². The summed E-state index contributed by atoms with van der Waals surface area (Å²) in [7, 11) is 0. The molecule has 1 aliphatic rings. The van der Waals surface area contributed by atoms with Crippen LogP contribution in [-0.4, -0.2) is 36.1 Å². The first-order valence-corrected chi connectivity index (χ1v) is 7.57. The summed E-state index contributed by atoms with van der Waals surface area (Å²) in [5.74, 6) is -1.23. The fraction of sp³-hybridized carbons (Fsp3) is 0.529. The first kappa shape index (κ1) is 16.5. The van der Waals surface area contributed by atoms with E-state index in [4.69, 9.17) is 0 Å². The summed E-state index contributed by atoms with van der Waals surface area (Å²) in [5, 5.41) is 12.5. The van der Waals surface area contributed by atoms with E-state index in [2.05, 4.69) is 5.32 Å². The third-order valence-electron chi connectivity index (χ3n) is 4.03. The summed E-state index contributed by atoms with van der Waals surface area (Å²) in [5.41, 5.74) is 2.62. The smallest absolute Gasteiger partial charge is 0.316 e. The molecule has 0 bridgehead atoms. The first-order chi connectivity index (χ1) is 10.2. The maximum absolute atomic E-state index is 12.3. The number of aliphatic hydroxyl groups excluding tert-OH is 1. The van der Waals surface area contributed by atoms with Gasteiger partial charge in [-0.2, -0.15) is 0 Å². The van der Waals surface area contributed by atoms with Crippen molar-refractivity contribution in [2.45, 2.75) is 40.2 Å². The van der Waals surface area contributed by atoms with Gasteiger partial charge in [-0.15, -0.1) is 0 Å². The van der Waals surface area contributed by atoms with E-state index in [0.717, 1.165) is 23.2 Å². The van der Waals surface area contributed by atoms with Crippen LogP contribution >= 0.6 is 0 Å². The Labute approximate surface area is 131 Å². The second-order valence-electron chi connectivity index (χ2n) is 6.93. The van der Waals surface area contributed by atoms with Gasteiger partial charge in [0.05, 0.1) is 6.10 Å². The largest absolute Gasteiger partial charge is 0.391 e. The average Bonchev–Trinajstić information content (AvgIpc) is 2.85. The molecule has 1 heterocycles. The van der Waals surface area contributed by atoms with Crippen molar-refractivity contribution in [3.8, 4) is 0 Å². The predicted octanol–water partition coefficient (Wildman–Crippen LogP) is 1.41. The van der Waals surface area contributed by atoms with Gasteiger partial charge in [0.1, 0.15) is 0 Å². The molecule has 0 radical (unpaired) electrons. The minimum Gasteiger partial charge on any atom is -0.391 e. The number of anilines is 1. The third-order valence-corrected chi connectivity index (χ3v) is 4.03. The van der Waals surface area contributed by atoms with E-state index in [9.17, 15) is 14.7 Å². The molecule has 0 fully saturated rings. The van der Waals surface area contributed by atoms with Gasteiger partial charge in [0.2, 0.25) is 0 Å². The minimum absolute atomic E-state index is 0.0720. The monoisotopic (exact) mass is 304 g/mol. The summed E-state index contributed by atoms with van der Waals surface area (Å²) in [6.07, 6.45) is 0.0663. The predicted molar refractivity (Wildman–Crippen MR) is 85.7 cm³/mol. The highest BCUT2D eigenvalue weighted by atomic mass is 16.3. The van der Waals surface area contributed by atoms with Gasteiger partial charge in [-0.05, 0) is 36.0 Å². The molecule has 5 heteroatoms. The molecule has 1 unspecified atom stereocenters. The van der Waals surface area contributed by atoms with E-state index in [1.165, 1.54) is 4.90 Å². The summed E-state index contributed by atoms with van der Waals surface area (Å²) in [4.78, 5) is 25.9. The van der Waals surface area contributed by atoms with E-state index in [1.807, 2.05) is 45.9 Å². The van der Waals surface area contributed by atoms with Gasteiger partial charge < -0.3 is 15.3 Å². The molecule has 1 aromatic carbocycles. The molecule has 0 saturated carbocycles. The maximum Gasteiger partial charge on any atom is 0.316 e. The van der Waals surface area contributed by atoms with Crippen molar-refractivity contribution in [3.05, 3.63) is 29.3 Å². The van der Waals surface area contributed by atoms with Crippen molar-refractivity contribution < 1.29 is 14.7 Å². The quantitative estimate of drug-likeness (QED) is 0.812. The van der Waals surface area contributed by atoms with Gasteiger partial charge in [-0.3, -0.25) is 9.59 Å². The van der Waals surface area contributed by atoms with Crippen LogP contribution in [0.25, 0.3) is 0 Å². The summed E-state index contributed by atoms with van der Waals surface area (Å²) in [6.45, 7) is 8.19. The molecule has 2 amide bonds. The molecule has 2 rings (SSSR count). The molecule has 0 aliphatic carbocycles. The van der Waals surface area contributed by atoms with E-state index >= 15 is 0 Å². The fourth-order valence-electron chi connectivity index (χ4n) is 2.39. The van der Waals surface area contributed by atoms with Gasteiger partial charge in [0, 0.05) is 18.8 Å². The van der Waals surface area contributed by atoms with Crippen molar-refractivity contribution in [2.75, 3.05) is 18.0 Å². The lowest BCUT2D eigenvalue weighted by Gasteiger charge is -2.26. The number of amides is 2. The Bertz CT molecular complexity index is 590. The van der Waals surface area contributed by atoms with Crippen LogP contribution in [0.4, 0.5) is 5.69 Å². The van der Waals surface area contributed by atoms with Crippen molar-refractivity contribution in [1.29, 1.82) is 0 Å². The lowest BCUT2D eigenvalue weighted by molar-refractivity contribution is -0.138. The Morgan fingerprint density at radius 3 is 2.68 bits per heavy atom. The number of aryl methyl sites for hydroxylation is 1. The number of nitrogens with one attached hydrogen (secondary N) is 1. The SMILES string of the molecule is Cc1ccc2c(c1)N(C(=O)C(=O)NCC(O)C(C)(C)C)CC2. The van der Waals surface area contributed by atoms with Gasteiger partial charge >= 0.3 is 11.8 Å². The highest BCUT2D eigenvalue weighted by molar-refractivity contribution is 6.40. The van der Waals surface area contributed by atoms with Crippen LogP contribution in [0.1, 0.15) is 31.9 Å². The normalized spacial score (nSPS) is 15.4. The molecule has 2 N–H and O–H groups in total. The van der Waals surface area contributed by atoms with Crippen LogP contribution in [0.2, 0.25) is 0 Å². The van der Waals surface area contributed by atoms with Crippen molar-refractivity contribution in [3.63, 3.8) is 0 Å². The lowest BCUT2D eigenvalue weighted by atomic mass is 9.89. The standard InChI is InChI=1S/C17H24N2O3/c1-11-5-6-12-7-8-19(13(12)9-11)16(22)15(21)18-10-14(20)17(2,3)4/h5-6,9,14,20H,7-8,10H2,1-4H3,(H,18,21). The molecular formula is C17H24N2O3. The molecule has 0 saturated heterocycles. The summed E-state index contributed by atoms with van der Waals surface area (Å²) in [6, 6.07) is 5.93. The van der Waals surface area contributed by atoms with Gasteiger partial charge in [0.15, 0.2) is 0 Å². The number of rotatable bonds is 2. The molecule has 1 aromatic rings. The van der Waals surface area contributed by atoms with Crippen molar-refractivity contribution in [2.24, 2.45) is 5.41 Å². The van der Waals surface area contributed by atoms with Crippen LogP contribution in [0, 0.1) is 12.3 Å². The average molecular weight is 304 g/mol. The number of benzene rings is 1. The Morgan fingerprint density at radius 1 is 1.36 bits per heavy atom. The molecule has 22 heavy (non-hydrogen) atoms. The number of aliphatic hydroxyl groups is 1. The zero-order valence-corrected chi connectivity index (χ0v) is 13.6. The van der Waals surface area contributed by atoms with E-state index in [1.54, 1.807) is 0 Å². The molecule has 1 aliphatic heterocycles. The number of hydrogen-bond acceptors (Lipinski definition) is 3. The highest BCUT2D eigenvalue weighted by Crippen LogP contribution is 2.29. The molecule has 0 spiro atoms. The number of nitrogens with zero attached hydrogens (tertiary/aromatic N) is 1. The zero-order valence-electron chi connectivity index (χ0n) is 13.6. The maximum atomic E-state index is 12.3. The summed E-state index contributed by atoms with van der Waals surface area (Å²) < 4.78 is 0. The molecule has 120 valence electrons. The topological polar surface area (TPSA) is 69.6 Å². The minimum atomic E-state index is -0.697. The molecule has 5 nitrogen and oxygen atoms in total. The number of carbonyl (C=O) groups excluding carboxylic acids is 2. The molecular weight excluding hydrogens is 280 g/mol. The first-order valence-electron chi connectivity index (χ1n) is 7.57. The Kier molecular flexibility index (Phi) is 4.56. The second kappa shape index (κ2) is 6.08. The van der Waals surface area contributed by atoms with E-state index in [0.29, 0.717) is 6.54 Å². The van der Waals surface area contributed by atoms with Crippen LogP contribution in [0.3, 0.4) is 0 Å². The van der Waals surface area contributed by atoms with Crippen molar-refractivity contribution >= 4 is 17.5 Å². The second-order valence-corrected chi connectivity index (χ2v) is 6.93. The number of hydrogen-bond donors (Lipinski definition) is 2. The van der Waals surface area contributed by atoms with Crippen molar-refractivity contribution in [1.82, 2.24) is 5.32 Å². The number of carbonyl (C=O) groups is 2. The Morgan fingerprint density at radius 2 is 2.05 bits per heavy atom. The Hall–Kier alpha value is -1.88.